The second-order valence-corrected chi connectivity index (χ2v) is 7.26. The summed E-state index contributed by atoms with van der Waals surface area (Å²) in [5, 5.41) is 2.99. The molecule has 2 heterocycles. The van der Waals surface area contributed by atoms with Crippen LogP contribution in [0.5, 0.6) is 0 Å². The largest absolute Gasteiger partial charge is 0.458 e. The molecule has 2 fully saturated rings. The predicted octanol–water partition coefficient (Wildman–Crippen LogP) is 2.37. The van der Waals surface area contributed by atoms with Crippen molar-refractivity contribution in [2.45, 2.75) is 51.2 Å². The normalized spacial score (nSPS) is 21.8. The van der Waals surface area contributed by atoms with Crippen molar-refractivity contribution >= 4 is 22.9 Å². The molecule has 6 heteroatoms. The molecule has 6 nitrogen and oxygen atoms in total. The Balaban J connectivity index is 1.47. The Bertz CT molecular complexity index is 849. The van der Waals surface area contributed by atoms with Crippen molar-refractivity contribution in [1.29, 1.82) is 0 Å². The Kier molecular flexibility index (Phi) is 3.78. The van der Waals surface area contributed by atoms with Crippen LogP contribution in [0, 0.1) is 12.8 Å². The van der Waals surface area contributed by atoms with Crippen molar-refractivity contribution < 1.29 is 14.3 Å². The highest BCUT2D eigenvalue weighted by Crippen LogP contribution is 2.45. The van der Waals surface area contributed by atoms with Gasteiger partial charge >= 0.3 is 5.97 Å². The molecule has 1 aliphatic heterocycles. The van der Waals surface area contributed by atoms with Gasteiger partial charge in [-0.15, -0.1) is 0 Å². The van der Waals surface area contributed by atoms with Gasteiger partial charge in [0.15, 0.2) is 0 Å². The molecule has 0 bridgehead atoms. The van der Waals surface area contributed by atoms with E-state index in [0.29, 0.717) is 6.54 Å². The fourth-order valence-electron chi connectivity index (χ4n) is 4.24. The Morgan fingerprint density at radius 3 is 2.92 bits per heavy atom. The molecule has 2 aromatic rings. The van der Waals surface area contributed by atoms with Gasteiger partial charge in [-0.25, -0.2) is 4.98 Å². The van der Waals surface area contributed by atoms with Gasteiger partial charge in [0.1, 0.15) is 11.4 Å². The summed E-state index contributed by atoms with van der Waals surface area (Å²) in [6.45, 7) is 2.41. The lowest BCUT2D eigenvalue weighted by Gasteiger charge is -2.27. The maximum Gasteiger partial charge on any atom is 0.307 e. The van der Waals surface area contributed by atoms with E-state index >= 15 is 0 Å². The maximum atomic E-state index is 12.7. The number of aryl methyl sites for hydroxylation is 2. The lowest BCUT2D eigenvalue weighted by Crippen LogP contribution is -2.42. The van der Waals surface area contributed by atoms with Gasteiger partial charge in [-0.05, 0) is 50.3 Å². The standard InChI is InChI=1S/C19H23N3O3/c1-12-21-15-9-13(5-6-16(15)22(12)2)11-20-18(24)14-10-17(23)25-19(14)7-3-4-8-19/h5-6,9,14H,3-4,7-8,10-11H2,1-2H3,(H,20,24). The first kappa shape index (κ1) is 16.1. The Morgan fingerprint density at radius 1 is 1.40 bits per heavy atom. The minimum Gasteiger partial charge on any atom is -0.458 e. The Morgan fingerprint density at radius 2 is 2.16 bits per heavy atom. The number of ether oxygens (including phenoxy) is 1. The molecule has 1 N–H and O–H groups in total. The number of benzene rings is 1. The van der Waals surface area contributed by atoms with E-state index in [2.05, 4.69) is 10.3 Å². The SMILES string of the molecule is Cc1nc2cc(CNC(=O)C3CC(=O)OC34CCCC4)ccc2n1C. The van der Waals surface area contributed by atoms with Crippen LogP contribution >= 0.6 is 0 Å². The molecule has 25 heavy (non-hydrogen) atoms. The van der Waals surface area contributed by atoms with Gasteiger partial charge in [-0.3, -0.25) is 9.59 Å². The van der Waals surface area contributed by atoms with Crippen LogP contribution < -0.4 is 5.32 Å². The van der Waals surface area contributed by atoms with E-state index in [1.54, 1.807) is 0 Å². The number of carbonyl (C=O) groups excluding carboxylic acids is 2. The maximum absolute atomic E-state index is 12.7. The highest BCUT2D eigenvalue weighted by Gasteiger charge is 2.53. The number of imidazole rings is 1. The highest BCUT2D eigenvalue weighted by molar-refractivity contribution is 5.88. The quantitative estimate of drug-likeness (QED) is 0.870. The monoisotopic (exact) mass is 341 g/mol. The molecule has 1 saturated heterocycles. The van der Waals surface area contributed by atoms with E-state index in [0.717, 1.165) is 48.1 Å². The molecule has 1 atom stereocenters. The van der Waals surface area contributed by atoms with Crippen LogP contribution in [0.4, 0.5) is 0 Å². The lowest BCUT2D eigenvalue weighted by molar-refractivity contribution is -0.149. The Hall–Kier alpha value is -2.37. The fraction of sp³-hybridized carbons (Fsp3) is 0.526. The van der Waals surface area contributed by atoms with Crippen LogP contribution in [0.2, 0.25) is 0 Å². The molecule has 0 radical (unpaired) electrons. The van der Waals surface area contributed by atoms with Crippen molar-refractivity contribution in [3.8, 4) is 0 Å². The number of nitrogens with one attached hydrogen (secondary N) is 1. The molecule has 1 aromatic carbocycles. The summed E-state index contributed by atoms with van der Waals surface area (Å²) < 4.78 is 7.60. The summed E-state index contributed by atoms with van der Waals surface area (Å²) in [6, 6.07) is 6.03. The smallest absolute Gasteiger partial charge is 0.307 e. The number of carbonyl (C=O) groups is 2. The van der Waals surface area contributed by atoms with Crippen LogP contribution in [0.25, 0.3) is 11.0 Å². The van der Waals surface area contributed by atoms with Gasteiger partial charge in [0.25, 0.3) is 0 Å². The molecule has 2 aliphatic rings. The number of aromatic nitrogens is 2. The van der Waals surface area contributed by atoms with Crippen LogP contribution in [-0.4, -0.2) is 27.0 Å². The van der Waals surface area contributed by atoms with E-state index in [-0.39, 0.29) is 24.2 Å². The molecular formula is C19H23N3O3. The topological polar surface area (TPSA) is 73.2 Å². The number of hydrogen-bond acceptors (Lipinski definition) is 4. The minimum absolute atomic E-state index is 0.0787. The fourth-order valence-corrected chi connectivity index (χ4v) is 4.24. The van der Waals surface area contributed by atoms with Crippen LogP contribution in [0.3, 0.4) is 0 Å². The van der Waals surface area contributed by atoms with Crippen LogP contribution in [0.1, 0.15) is 43.5 Å². The zero-order valence-electron chi connectivity index (χ0n) is 14.7. The van der Waals surface area contributed by atoms with Crippen molar-refractivity contribution in [2.75, 3.05) is 0 Å². The predicted molar refractivity (Wildman–Crippen MR) is 92.7 cm³/mol. The molecule has 1 saturated carbocycles. The molecular weight excluding hydrogens is 318 g/mol. The number of hydrogen-bond donors (Lipinski definition) is 1. The first-order chi connectivity index (χ1) is 12.0. The summed E-state index contributed by atoms with van der Waals surface area (Å²) in [5.74, 6) is 0.279. The summed E-state index contributed by atoms with van der Waals surface area (Å²) >= 11 is 0. The van der Waals surface area contributed by atoms with Crippen LogP contribution in [-0.2, 0) is 27.9 Å². The molecule has 1 amide bonds. The second-order valence-electron chi connectivity index (χ2n) is 7.26. The molecule has 132 valence electrons. The summed E-state index contributed by atoms with van der Waals surface area (Å²) in [5.41, 5.74) is 2.46. The number of rotatable bonds is 3. The zero-order valence-corrected chi connectivity index (χ0v) is 14.7. The van der Waals surface area contributed by atoms with Gasteiger partial charge < -0.3 is 14.6 Å². The van der Waals surface area contributed by atoms with Crippen LogP contribution in [0.15, 0.2) is 18.2 Å². The van der Waals surface area contributed by atoms with E-state index in [4.69, 9.17) is 4.74 Å². The van der Waals surface area contributed by atoms with Gasteiger partial charge in [0.2, 0.25) is 5.91 Å². The molecule has 1 aromatic heterocycles. The van der Waals surface area contributed by atoms with Crippen molar-refractivity contribution in [2.24, 2.45) is 13.0 Å². The van der Waals surface area contributed by atoms with E-state index in [1.165, 1.54) is 0 Å². The number of esters is 1. The van der Waals surface area contributed by atoms with Gasteiger partial charge in [-0.2, -0.15) is 0 Å². The molecule has 1 unspecified atom stereocenters. The summed E-state index contributed by atoms with van der Waals surface area (Å²) in [7, 11) is 1.99. The Labute approximate surface area is 146 Å². The third-order valence-corrected chi connectivity index (χ3v) is 5.72. The second kappa shape index (κ2) is 5.86. The molecule has 4 rings (SSSR count). The third kappa shape index (κ3) is 2.69. The van der Waals surface area contributed by atoms with E-state index < -0.39 is 5.60 Å². The van der Waals surface area contributed by atoms with Gasteiger partial charge in [-0.1, -0.05) is 6.07 Å². The van der Waals surface area contributed by atoms with Crippen molar-refractivity contribution in [1.82, 2.24) is 14.9 Å². The number of fused-ring (bicyclic) bond motifs is 1. The highest BCUT2D eigenvalue weighted by atomic mass is 16.6. The average molecular weight is 341 g/mol. The first-order valence-corrected chi connectivity index (χ1v) is 8.90. The third-order valence-electron chi connectivity index (χ3n) is 5.72. The minimum atomic E-state index is -0.552. The van der Waals surface area contributed by atoms with E-state index in [9.17, 15) is 9.59 Å². The number of nitrogens with zero attached hydrogens (tertiary/aromatic N) is 2. The first-order valence-electron chi connectivity index (χ1n) is 8.90. The summed E-state index contributed by atoms with van der Waals surface area (Å²) in [4.78, 5) is 29.0. The van der Waals surface area contributed by atoms with Crippen molar-refractivity contribution in [3.05, 3.63) is 29.6 Å². The van der Waals surface area contributed by atoms with E-state index in [1.807, 2.05) is 36.7 Å². The summed E-state index contributed by atoms with van der Waals surface area (Å²) in [6.07, 6.45) is 3.84. The van der Waals surface area contributed by atoms with Crippen molar-refractivity contribution in [3.63, 3.8) is 0 Å². The average Bonchev–Trinajstić information content (AvgIpc) is 3.26. The molecule has 1 aliphatic carbocycles. The number of amides is 1. The zero-order chi connectivity index (χ0) is 17.6. The molecule has 1 spiro atoms. The van der Waals surface area contributed by atoms with Gasteiger partial charge in [0.05, 0.1) is 23.4 Å². The van der Waals surface area contributed by atoms with Gasteiger partial charge in [0, 0.05) is 13.6 Å². The lowest BCUT2D eigenvalue weighted by atomic mass is 9.85.